The second-order valence-electron chi connectivity index (χ2n) is 7.98. The van der Waals surface area contributed by atoms with Crippen molar-refractivity contribution in [2.45, 2.75) is 48.0 Å². The van der Waals surface area contributed by atoms with Crippen LogP contribution >= 0.6 is 0 Å². The first-order valence-corrected chi connectivity index (χ1v) is 11.1. The van der Waals surface area contributed by atoms with Gasteiger partial charge in [-0.1, -0.05) is 100 Å². The molecule has 0 bridgehead atoms. The van der Waals surface area contributed by atoms with E-state index in [0.717, 1.165) is 6.42 Å². The highest BCUT2D eigenvalue weighted by atomic mass is 28.3. The lowest BCUT2D eigenvalue weighted by Gasteiger charge is -2.24. The van der Waals surface area contributed by atoms with Crippen molar-refractivity contribution in [3.8, 4) is 0 Å². The zero-order valence-corrected chi connectivity index (χ0v) is 17.6. The summed E-state index contributed by atoms with van der Waals surface area (Å²) in [6.45, 7) is 13.6. The molecule has 0 spiro atoms. The zero-order valence-electron chi connectivity index (χ0n) is 16.5. The van der Waals surface area contributed by atoms with Gasteiger partial charge in [0.1, 0.15) is 8.80 Å². The average molecular weight is 347 g/mol. The van der Waals surface area contributed by atoms with Crippen molar-refractivity contribution in [2.75, 3.05) is 0 Å². The smallest absolute Gasteiger partial charge is 0.0807 e. The molecule has 0 aliphatic heterocycles. The van der Waals surface area contributed by atoms with E-state index < -0.39 is 8.80 Å². The molecule has 0 atom stereocenters. The first-order chi connectivity index (χ1) is 11.8. The molecule has 0 N–H and O–H groups in total. The van der Waals surface area contributed by atoms with Crippen molar-refractivity contribution in [3.63, 3.8) is 0 Å². The monoisotopic (exact) mass is 346 g/mol. The lowest BCUT2D eigenvalue weighted by molar-refractivity contribution is 0.789. The second kappa shape index (κ2) is 7.17. The molecule has 2 aromatic carbocycles. The maximum absolute atomic E-state index is 2.50. The highest BCUT2D eigenvalue weighted by Crippen LogP contribution is 2.28. The van der Waals surface area contributed by atoms with Gasteiger partial charge in [0.05, 0.1) is 0 Å². The minimum absolute atomic E-state index is 0.598. The van der Waals surface area contributed by atoms with Crippen LogP contribution in [0.5, 0.6) is 0 Å². The van der Waals surface area contributed by atoms with E-state index in [-0.39, 0.29) is 0 Å². The van der Waals surface area contributed by atoms with E-state index in [1.807, 2.05) is 0 Å². The number of rotatable bonds is 4. The van der Waals surface area contributed by atoms with Crippen LogP contribution in [0.1, 0.15) is 42.5 Å². The van der Waals surface area contributed by atoms with E-state index in [1.165, 1.54) is 22.3 Å². The molecule has 1 aliphatic rings. The molecule has 0 unspecified atom stereocenters. The van der Waals surface area contributed by atoms with Crippen LogP contribution in [0.3, 0.4) is 0 Å². The third-order valence-electron chi connectivity index (χ3n) is 5.10. The Morgan fingerprint density at radius 2 is 1.12 bits per heavy atom. The van der Waals surface area contributed by atoms with Crippen molar-refractivity contribution in [3.05, 3.63) is 81.6 Å². The Kier molecular flexibility index (Phi) is 5.15. The molecule has 0 heterocycles. The van der Waals surface area contributed by atoms with Crippen molar-refractivity contribution in [1.29, 1.82) is 0 Å². The molecule has 0 saturated heterocycles. The lowest BCUT2D eigenvalue weighted by atomic mass is 10.1. The van der Waals surface area contributed by atoms with Gasteiger partial charge in [-0.2, -0.15) is 0 Å². The summed E-state index contributed by atoms with van der Waals surface area (Å²) in [4.78, 5) is 0. The minimum atomic E-state index is -1.44. The zero-order chi connectivity index (χ0) is 18.1. The Hall–Kier alpha value is -1.86. The van der Waals surface area contributed by atoms with Crippen LogP contribution in [-0.4, -0.2) is 8.80 Å². The fraction of sp³-hybridized carbons (Fsp3) is 0.333. The van der Waals surface area contributed by atoms with E-state index in [0.29, 0.717) is 5.92 Å². The molecule has 0 nitrogen and oxygen atoms in total. The quantitative estimate of drug-likeness (QED) is 0.703. The molecule has 1 heteroatoms. The summed E-state index contributed by atoms with van der Waals surface area (Å²) in [6.07, 6.45) is 6.05. The van der Waals surface area contributed by atoms with Crippen molar-refractivity contribution in [2.24, 2.45) is 5.92 Å². The Morgan fingerprint density at radius 1 is 0.680 bits per heavy atom. The topological polar surface area (TPSA) is 0 Å². The van der Waals surface area contributed by atoms with Gasteiger partial charge < -0.3 is 0 Å². The Balaban J connectivity index is 2.20. The highest BCUT2D eigenvalue weighted by Gasteiger charge is 2.27. The normalized spacial score (nSPS) is 14.2. The lowest BCUT2D eigenvalue weighted by Crippen LogP contribution is -2.45. The molecule has 0 saturated carbocycles. The largest absolute Gasteiger partial charge is 0.132 e. The summed E-state index contributed by atoms with van der Waals surface area (Å²) in [5, 5.41) is 4.76. The van der Waals surface area contributed by atoms with Crippen LogP contribution < -0.4 is 10.4 Å². The van der Waals surface area contributed by atoms with Gasteiger partial charge in [-0.15, -0.1) is 0 Å². The predicted molar refractivity (Wildman–Crippen MR) is 114 cm³/mol. The van der Waals surface area contributed by atoms with Crippen LogP contribution in [0.2, 0.25) is 0 Å². The predicted octanol–water partition coefficient (Wildman–Crippen LogP) is 4.71. The minimum Gasteiger partial charge on any atom is -0.0807 e. The summed E-state index contributed by atoms with van der Waals surface area (Å²) in [7, 11) is -1.44. The van der Waals surface area contributed by atoms with E-state index in [1.54, 1.807) is 21.1 Å². The number of benzene rings is 2. The Morgan fingerprint density at radius 3 is 1.52 bits per heavy atom. The standard InChI is InChI=1S/C24H30Si/c1-16(2)23-8-7-9-24(23)25(21-12-17(3)10-18(4)13-21)22-14-19(5)11-20(6)15-22/h8-16,25H,7H2,1-6H3. The second-order valence-corrected chi connectivity index (χ2v) is 10.8. The summed E-state index contributed by atoms with van der Waals surface area (Å²) in [6, 6.07) is 14.3. The number of hydrogen-bond donors (Lipinski definition) is 0. The van der Waals surface area contributed by atoms with Crippen LogP contribution in [0, 0.1) is 33.6 Å². The molecule has 3 rings (SSSR count). The summed E-state index contributed by atoms with van der Waals surface area (Å²) in [5.74, 6) is 0.598. The van der Waals surface area contributed by atoms with Crippen LogP contribution in [0.15, 0.2) is 59.3 Å². The van der Waals surface area contributed by atoms with Crippen molar-refractivity contribution in [1.82, 2.24) is 0 Å². The van der Waals surface area contributed by atoms with E-state index in [9.17, 15) is 0 Å². The van der Waals surface area contributed by atoms with Crippen LogP contribution in [0.25, 0.3) is 0 Å². The van der Waals surface area contributed by atoms with Gasteiger partial charge in [-0.25, -0.2) is 0 Å². The van der Waals surface area contributed by atoms with Crippen LogP contribution in [-0.2, 0) is 0 Å². The highest BCUT2D eigenvalue weighted by molar-refractivity contribution is 6.91. The molecular formula is C24H30Si. The van der Waals surface area contributed by atoms with Gasteiger partial charge in [-0.05, 0) is 45.6 Å². The van der Waals surface area contributed by atoms with Crippen molar-refractivity contribution < 1.29 is 0 Å². The van der Waals surface area contributed by atoms with Crippen LogP contribution in [0.4, 0.5) is 0 Å². The van der Waals surface area contributed by atoms with Crippen molar-refractivity contribution >= 4 is 19.2 Å². The third-order valence-corrected chi connectivity index (χ3v) is 8.29. The average Bonchev–Trinajstić information content (AvgIpc) is 2.94. The van der Waals surface area contributed by atoms with Gasteiger partial charge in [0.25, 0.3) is 0 Å². The van der Waals surface area contributed by atoms with Gasteiger partial charge in [-0.3, -0.25) is 0 Å². The molecule has 25 heavy (non-hydrogen) atoms. The maximum atomic E-state index is 2.50. The number of hydrogen-bond acceptors (Lipinski definition) is 0. The Labute approximate surface area is 154 Å². The Bertz CT molecular complexity index is 760. The molecule has 0 amide bonds. The van der Waals surface area contributed by atoms with E-state index >= 15 is 0 Å². The number of aryl methyl sites for hydroxylation is 4. The fourth-order valence-electron chi connectivity index (χ4n) is 4.31. The fourth-order valence-corrected chi connectivity index (χ4v) is 8.28. The molecular weight excluding hydrogens is 316 g/mol. The van der Waals surface area contributed by atoms with E-state index in [2.05, 4.69) is 90.1 Å². The summed E-state index contributed by atoms with van der Waals surface area (Å²) < 4.78 is 0. The van der Waals surface area contributed by atoms with Gasteiger partial charge in [0.15, 0.2) is 0 Å². The van der Waals surface area contributed by atoms with Gasteiger partial charge in [0.2, 0.25) is 0 Å². The first kappa shape index (κ1) is 17.9. The van der Waals surface area contributed by atoms with Gasteiger partial charge in [0, 0.05) is 0 Å². The molecule has 0 fully saturated rings. The molecule has 0 aromatic heterocycles. The molecule has 2 aromatic rings. The molecule has 130 valence electrons. The summed E-state index contributed by atoms with van der Waals surface area (Å²) in [5.41, 5.74) is 7.10. The summed E-state index contributed by atoms with van der Waals surface area (Å²) >= 11 is 0. The first-order valence-electron chi connectivity index (χ1n) is 9.42. The van der Waals surface area contributed by atoms with E-state index in [4.69, 9.17) is 0 Å². The maximum Gasteiger partial charge on any atom is 0.132 e. The number of allylic oxidation sites excluding steroid dienone is 4. The van der Waals surface area contributed by atoms with Gasteiger partial charge >= 0.3 is 0 Å². The SMILES string of the molecule is Cc1cc(C)cc([SiH](C2=CCC=C2C(C)C)c2cc(C)cc(C)c2)c1. The molecule has 0 radical (unpaired) electrons. The molecule has 1 aliphatic carbocycles. The third kappa shape index (κ3) is 3.87.